The highest BCUT2D eigenvalue weighted by molar-refractivity contribution is 4.89. The van der Waals surface area contributed by atoms with Crippen LogP contribution in [0.1, 0.15) is 38.5 Å². The molecule has 0 amide bonds. The quantitative estimate of drug-likeness (QED) is 0.769. The molecule has 0 aromatic carbocycles. The van der Waals surface area contributed by atoms with Gasteiger partial charge in [-0.15, -0.1) is 0 Å². The van der Waals surface area contributed by atoms with Crippen LogP contribution >= 0.6 is 0 Å². The van der Waals surface area contributed by atoms with Gasteiger partial charge >= 0.3 is 0 Å². The summed E-state index contributed by atoms with van der Waals surface area (Å²) in [5.41, 5.74) is -0.447. The number of β-amino-alcohol motifs (C(OH)–C–C–N with tert-alkyl or cyclic N) is 1. The van der Waals surface area contributed by atoms with Crippen LogP contribution in [0, 0.1) is 0 Å². The van der Waals surface area contributed by atoms with Gasteiger partial charge in [-0.2, -0.15) is 0 Å². The zero-order valence-corrected chi connectivity index (χ0v) is 10.6. The molecule has 1 atom stereocenters. The van der Waals surface area contributed by atoms with Crippen LogP contribution in [0.4, 0.5) is 0 Å². The molecule has 0 aromatic heterocycles. The summed E-state index contributed by atoms with van der Waals surface area (Å²) in [5.74, 6) is 0. The zero-order chi connectivity index (χ0) is 11.4. The first-order valence-corrected chi connectivity index (χ1v) is 6.81. The molecule has 2 rings (SSSR count). The summed E-state index contributed by atoms with van der Waals surface area (Å²) in [6.45, 7) is 5.25. The number of aliphatic hydroxyl groups is 1. The summed E-state index contributed by atoms with van der Waals surface area (Å²) in [6.07, 6.45) is 7.48. The van der Waals surface area contributed by atoms with Gasteiger partial charge in [0.1, 0.15) is 0 Å². The van der Waals surface area contributed by atoms with E-state index < -0.39 is 5.60 Å². The molecule has 16 heavy (non-hydrogen) atoms. The predicted molar refractivity (Wildman–Crippen MR) is 66.6 cm³/mol. The average molecular weight is 226 g/mol. The van der Waals surface area contributed by atoms with E-state index in [1.807, 2.05) is 0 Å². The van der Waals surface area contributed by atoms with Gasteiger partial charge in [0, 0.05) is 13.1 Å². The first-order chi connectivity index (χ1) is 7.68. The average Bonchev–Trinajstić information content (AvgIpc) is 2.45. The van der Waals surface area contributed by atoms with Crippen LogP contribution < -0.4 is 0 Å². The van der Waals surface area contributed by atoms with E-state index in [4.69, 9.17) is 0 Å². The SMILES string of the molecule is CN1CCCC(O)(CN2CCCCCC2)C1. The number of piperidine rings is 1. The summed E-state index contributed by atoms with van der Waals surface area (Å²) in [6, 6.07) is 0. The first kappa shape index (κ1) is 12.3. The van der Waals surface area contributed by atoms with Crippen molar-refractivity contribution in [1.82, 2.24) is 9.80 Å². The first-order valence-electron chi connectivity index (χ1n) is 6.81. The van der Waals surface area contributed by atoms with Gasteiger partial charge in [0.05, 0.1) is 5.60 Å². The molecule has 0 bridgehead atoms. The van der Waals surface area contributed by atoms with Crippen molar-refractivity contribution in [3.63, 3.8) is 0 Å². The van der Waals surface area contributed by atoms with Gasteiger partial charge < -0.3 is 14.9 Å². The third kappa shape index (κ3) is 3.44. The zero-order valence-electron chi connectivity index (χ0n) is 10.6. The standard InChI is InChI=1S/C13H26N2O/c1-14-8-6-7-13(16,11-14)12-15-9-4-2-3-5-10-15/h16H,2-12H2,1H3. The van der Waals surface area contributed by atoms with Gasteiger partial charge in [0.25, 0.3) is 0 Å². The fourth-order valence-corrected chi connectivity index (χ4v) is 3.18. The molecule has 1 unspecified atom stereocenters. The lowest BCUT2D eigenvalue weighted by molar-refractivity contribution is -0.0465. The lowest BCUT2D eigenvalue weighted by Crippen LogP contribution is -2.53. The van der Waals surface area contributed by atoms with Gasteiger partial charge in [-0.25, -0.2) is 0 Å². The Kier molecular flexibility index (Phi) is 4.22. The lowest BCUT2D eigenvalue weighted by atomic mass is 9.92. The number of nitrogens with zero attached hydrogens (tertiary/aromatic N) is 2. The molecule has 0 spiro atoms. The molecule has 2 heterocycles. The monoisotopic (exact) mass is 226 g/mol. The number of hydrogen-bond acceptors (Lipinski definition) is 3. The van der Waals surface area contributed by atoms with Crippen LogP contribution in [0.2, 0.25) is 0 Å². The topological polar surface area (TPSA) is 26.7 Å². The highest BCUT2D eigenvalue weighted by Gasteiger charge is 2.33. The van der Waals surface area contributed by atoms with Gasteiger partial charge in [0.15, 0.2) is 0 Å². The molecule has 0 saturated carbocycles. The minimum Gasteiger partial charge on any atom is -0.387 e. The Morgan fingerprint density at radius 2 is 1.69 bits per heavy atom. The van der Waals surface area contributed by atoms with E-state index in [2.05, 4.69) is 16.8 Å². The maximum Gasteiger partial charge on any atom is 0.0900 e. The molecule has 3 nitrogen and oxygen atoms in total. The highest BCUT2D eigenvalue weighted by Crippen LogP contribution is 2.22. The van der Waals surface area contributed by atoms with Crippen molar-refractivity contribution in [3.05, 3.63) is 0 Å². The molecular weight excluding hydrogens is 200 g/mol. The molecule has 0 aliphatic carbocycles. The number of hydrogen-bond donors (Lipinski definition) is 1. The van der Waals surface area contributed by atoms with E-state index in [0.717, 1.165) is 32.5 Å². The third-order valence-corrected chi connectivity index (χ3v) is 3.96. The number of likely N-dealkylation sites (N-methyl/N-ethyl adjacent to an activating group) is 1. The van der Waals surface area contributed by atoms with E-state index in [0.29, 0.717) is 0 Å². The molecule has 2 fully saturated rings. The Morgan fingerprint density at radius 3 is 2.31 bits per heavy atom. The Morgan fingerprint density at radius 1 is 1.00 bits per heavy atom. The van der Waals surface area contributed by atoms with Crippen LogP contribution in [-0.2, 0) is 0 Å². The second-order valence-electron chi connectivity index (χ2n) is 5.76. The minimum atomic E-state index is -0.447. The van der Waals surface area contributed by atoms with Gasteiger partial charge in [-0.05, 0) is 52.4 Å². The molecule has 2 saturated heterocycles. The smallest absolute Gasteiger partial charge is 0.0900 e. The Labute approximate surface area is 99.4 Å². The van der Waals surface area contributed by atoms with Crippen LogP contribution in [0.25, 0.3) is 0 Å². The van der Waals surface area contributed by atoms with Crippen molar-refractivity contribution in [3.8, 4) is 0 Å². The second-order valence-corrected chi connectivity index (χ2v) is 5.76. The summed E-state index contributed by atoms with van der Waals surface area (Å²) in [5, 5.41) is 10.6. The summed E-state index contributed by atoms with van der Waals surface area (Å²) >= 11 is 0. The van der Waals surface area contributed by atoms with E-state index in [1.54, 1.807) is 0 Å². The molecule has 2 aliphatic rings. The van der Waals surface area contributed by atoms with Crippen molar-refractivity contribution < 1.29 is 5.11 Å². The maximum absolute atomic E-state index is 10.6. The predicted octanol–water partition coefficient (Wildman–Crippen LogP) is 1.32. The van der Waals surface area contributed by atoms with Crippen molar-refractivity contribution in [1.29, 1.82) is 0 Å². The maximum atomic E-state index is 10.6. The molecule has 2 aliphatic heterocycles. The van der Waals surface area contributed by atoms with Crippen molar-refractivity contribution in [2.24, 2.45) is 0 Å². The normalized spacial score (nSPS) is 34.9. The minimum absolute atomic E-state index is 0.447. The van der Waals surface area contributed by atoms with Crippen LogP contribution in [0.3, 0.4) is 0 Å². The number of rotatable bonds is 2. The van der Waals surface area contributed by atoms with Crippen molar-refractivity contribution in [2.45, 2.75) is 44.1 Å². The van der Waals surface area contributed by atoms with Crippen molar-refractivity contribution >= 4 is 0 Å². The number of likely N-dealkylation sites (tertiary alicyclic amines) is 2. The third-order valence-electron chi connectivity index (χ3n) is 3.96. The van der Waals surface area contributed by atoms with Crippen LogP contribution in [0.15, 0.2) is 0 Å². The molecular formula is C13H26N2O. The summed E-state index contributed by atoms with van der Waals surface area (Å²) in [4.78, 5) is 4.74. The van der Waals surface area contributed by atoms with E-state index in [-0.39, 0.29) is 0 Å². The van der Waals surface area contributed by atoms with Crippen molar-refractivity contribution in [2.75, 3.05) is 39.8 Å². The van der Waals surface area contributed by atoms with Gasteiger partial charge in [0.2, 0.25) is 0 Å². The lowest BCUT2D eigenvalue weighted by Gasteiger charge is -2.40. The van der Waals surface area contributed by atoms with E-state index in [1.165, 1.54) is 38.8 Å². The Hall–Kier alpha value is -0.120. The van der Waals surface area contributed by atoms with E-state index >= 15 is 0 Å². The molecule has 3 heteroatoms. The largest absolute Gasteiger partial charge is 0.387 e. The summed E-state index contributed by atoms with van der Waals surface area (Å²) < 4.78 is 0. The van der Waals surface area contributed by atoms with Crippen LogP contribution in [0.5, 0.6) is 0 Å². The summed E-state index contributed by atoms with van der Waals surface area (Å²) in [7, 11) is 2.12. The van der Waals surface area contributed by atoms with Crippen LogP contribution in [-0.4, -0.2) is 60.3 Å². The van der Waals surface area contributed by atoms with E-state index in [9.17, 15) is 5.11 Å². The van der Waals surface area contributed by atoms with Gasteiger partial charge in [-0.1, -0.05) is 12.8 Å². The Balaban J connectivity index is 1.86. The molecule has 1 N–H and O–H groups in total. The molecule has 0 radical (unpaired) electrons. The second kappa shape index (κ2) is 5.48. The van der Waals surface area contributed by atoms with Gasteiger partial charge in [-0.3, -0.25) is 0 Å². The molecule has 0 aromatic rings. The Bertz CT molecular complexity index is 214. The fraction of sp³-hybridized carbons (Fsp3) is 1.00. The molecule has 94 valence electrons. The fourth-order valence-electron chi connectivity index (χ4n) is 3.18. The highest BCUT2D eigenvalue weighted by atomic mass is 16.3.